The lowest BCUT2D eigenvalue weighted by Gasteiger charge is -2.48. The van der Waals surface area contributed by atoms with Crippen molar-refractivity contribution in [2.24, 2.45) is 0 Å². The van der Waals surface area contributed by atoms with E-state index in [2.05, 4.69) is 20.3 Å². The molecule has 1 saturated carbocycles. The third-order valence-corrected chi connectivity index (χ3v) is 8.48. The predicted molar refractivity (Wildman–Crippen MR) is 133 cm³/mol. The predicted octanol–water partition coefficient (Wildman–Crippen LogP) is 2.80. The van der Waals surface area contributed by atoms with Crippen molar-refractivity contribution in [3.8, 4) is 0 Å². The highest BCUT2D eigenvalue weighted by Crippen LogP contribution is 2.35. The number of nitrogens with zero attached hydrogens (tertiary/aromatic N) is 1. The number of piperidine rings is 1. The topological polar surface area (TPSA) is 108 Å². The van der Waals surface area contributed by atoms with Crippen molar-refractivity contribution in [3.63, 3.8) is 0 Å². The van der Waals surface area contributed by atoms with E-state index in [4.69, 9.17) is 0 Å². The van der Waals surface area contributed by atoms with E-state index < -0.39 is 21.5 Å². The fourth-order valence-electron chi connectivity index (χ4n) is 5.02. The summed E-state index contributed by atoms with van der Waals surface area (Å²) in [6.07, 6.45) is 9.59. The molecule has 1 aromatic carbocycles. The fourth-order valence-corrected chi connectivity index (χ4v) is 6.44. The van der Waals surface area contributed by atoms with Gasteiger partial charge in [0.25, 0.3) is 5.91 Å². The van der Waals surface area contributed by atoms with Crippen LogP contribution in [0.15, 0.2) is 29.2 Å². The van der Waals surface area contributed by atoms with Crippen LogP contribution in [0.3, 0.4) is 0 Å². The first-order chi connectivity index (χ1) is 16.0. The van der Waals surface area contributed by atoms with Crippen molar-refractivity contribution in [2.75, 3.05) is 26.2 Å². The minimum Gasteiger partial charge on any atom is -0.353 e. The van der Waals surface area contributed by atoms with Crippen LogP contribution in [-0.4, -0.2) is 62.4 Å². The van der Waals surface area contributed by atoms with Gasteiger partial charge in [0.2, 0.25) is 15.9 Å². The summed E-state index contributed by atoms with van der Waals surface area (Å²) in [5.41, 5.74) is -0.257. The maximum absolute atomic E-state index is 12.5. The van der Waals surface area contributed by atoms with Crippen LogP contribution in [0.2, 0.25) is 0 Å². The lowest BCUT2D eigenvalue weighted by atomic mass is 9.79. The van der Waals surface area contributed by atoms with Crippen molar-refractivity contribution in [2.45, 2.75) is 88.1 Å². The molecule has 0 bridgehead atoms. The largest absolute Gasteiger partial charge is 0.353 e. The molecule has 8 nitrogen and oxygen atoms in total. The highest BCUT2D eigenvalue weighted by molar-refractivity contribution is 7.89. The van der Waals surface area contributed by atoms with Crippen LogP contribution in [0.25, 0.3) is 0 Å². The second-order valence-electron chi connectivity index (χ2n) is 10.7. The minimum absolute atomic E-state index is 0.0424. The minimum atomic E-state index is -3.67. The van der Waals surface area contributed by atoms with Crippen LogP contribution in [0.1, 0.15) is 82.5 Å². The van der Waals surface area contributed by atoms with E-state index in [9.17, 15) is 18.0 Å². The van der Waals surface area contributed by atoms with Gasteiger partial charge in [-0.25, -0.2) is 13.1 Å². The van der Waals surface area contributed by atoms with E-state index >= 15 is 0 Å². The maximum atomic E-state index is 12.5. The monoisotopic (exact) mass is 492 g/mol. The lowest BCUT2D eigenvalue weighted by Crippen LogP contribution is -2.58. The average Bonchev–Trinajstić information content (AvgIpc) is 2.81. The normalized spacial score (nSPS) is 19.4. The average molecular weight is 493 g/mol. The summed E-state index contributed by atoms with van der Waals surface area (Å²) in [5.74, 6) is -0.616. The van der Waals surface area contributed by atoms with Crippen molar-refractivity contribution in [1.29, 1.82) is 0 Å². The lowest BCUT2D eigenvalue weighted by molar-refractivity contribution is -0.121. The molecule has 0 unspecified atom stereocenters. The van der Waals surface area contributed by atoms with Crippen LogP contribution < -0.4 is 15.4 Å². The van der Waals surface area contributed by atoms with Crippen molar-refractivity contribution >= 4 is 21.8 Å². The molecular weight excluding hydrogens is 452 g/mol. The highest BCUT2D eigenvalue weighted by atomic mass is 32.2. The number of benzene rings is 1. The van der Waals surface area contributed by atoms with E-state index in [-0.39, 0.29) is 22.9 Å². The molecule has 1 heterocycles. The number of rotatable bonds is 8. The van der Waals surface area contributed by atoms with Crippen LogP contribution in [0.5, 0.6) is 0 Å². The molecule has 2 aliphatic rings. The van der Waals surface area contributed by atoms with Gasteiger partial charge in [-0.2, -0.15) is 0 Å². The number of carbonyl (C=O) groups is 2. The quantitative estimate of drug-likeness (QED) is 0.517. The van der Waals surface area contributed by atoms with Gasteiger partial charge >= 0.3 is 0 Å². The zero-order valence-electron chi connectivity index (χ0n) is 20.8. The maximum Gasteiger partial charge on any atom is 0.251 e. The molecule has 0 aromatic heterocycles. The number of nitrogens with one attached hydrogen (secondary N) is 3. The Kier molecular flexibility index (Phi) is 8.76. The van der Waals surface area contributed by atoms with Crippen molar-refractivity contribution in [3.05, 3.63) is 29.8 Å². The molecule has 3 N–H and O–H groups in total. The van der Waals surface area contributed by atoms with Crippen LogP contribution in [0.4, 0.5) is 0 Å². The summed E-state index contributed by atoms with van der Waals surface area (Å²) in [6.45, 7) is 8.00. The Morgan fingerprint density at radius 2 is 1.50 bits per heavy atom. The number of amides is 2. The molecule has 2 fully saturated rings. The molecule has 3 rings (SSSR count). The Bertz CT molecular complexity index is 942. The Hall–Kier alpha value is -1.97. The number of likely N-dealkylation sites (tertiary alicyclic amines) is 1. The highest BCUT2D eigenvalue weighted by Gasteiger charge is 2.38. The number of sulfonamides is 1. The molecule has 1 aliphatic carbocycles. The van der Waals surface area contributed by atoms with E-state index in [0.717, 1.165) is 25.9 Å². The molecule has 1 saturated heterocycles. The molecular formula is C25H40N4O4S. The van der Waals surface area contributed by atoms with Crippen LogP contribution >= 0.6 is 0 Å². The molecule has 1 aromatic rings. The standard InChI is InChI=1S/C25H40N4O4S/c1-24(2,3)28-34(32,33)21-12-10-20(11-13-21)23(31)26-18-22(30)27-19-25(14-6-4-7-15-25)29-16-8-5-9-17-29/h10-13,28H,4-9,14-19H2,1-3H3,(H,26,31)(H,27,30). The molecule has 2 amide bonds. The number of carbonyl (C=O) groups excluding carboxylic acids is 2. The van der Waals surface area contributed by atoms with Gasteiger partial charge in [-0.1, -0.05) is 25.7 Å². The van der Waals surface area contributed by atoms with Gasteiger partial charge in [0.15, 0.2) is 0 Å². The van der Waals surface area contributed by atoms with Crippen molar-refractivity contribution < 1.29 is 18.0 Å². The summed E-state index contributed by atoms with van der Waals surface area (Å²) in [4.78, 5) is 27.7. The van der Waals surface area contributed by atoms with E-state index in [1.54, 1.807) is 20.8 Å². The molecule has 1 aliphatic heterocycles. The second kappa shape index (κ2) is 11.2. The van der Waals surface area contributed by atoms with Gasteiger partial charge in [0.05, 0.1) is 11.4 Å². The molecule has 190 valence electrons. The third kappa shape index (κ3) is 7.26. The van der Waals surface area contributed by atoms with Gasteiger partial charge in [0.1, 0.15) is 0 Å². The smallest absolute Gasteiger partial charge is 0.251 e. The van der Waals surface area contributed by atoms with Gasteiger partial charge in [-0.15, -0.1) is 0 Å². The Morgan fingerprint density at radius 3 is 2.09 bits per heavy atom. The zero-order valence-corrected chi connectivity index (χ0v) is 21.6. The summed E-state index contributed by atoms with van der Waals surface area (Å²) in [7, 11) is -3.67. The van der Waals surface area contributed by atoms with E-state index in [1.807, 2.05) is 0 Å². The Balaban J connectivity index is 1.52. The third-order valence-electron chi connectivity index (χ3n) is 6.70. The van der Waals surface area contributed by atoms with Gasteiger partial charge in [0, 0.05) is 23.2 Å². The first-order valence-corrected chi connectivity index (χ1v) is 13.9. The number of hydrogen-bond donors (Lipinski definition) is 3. The van der Waals surface area contributed by atoms with Gasteiger partial charge in [-0.05, 0) is 83.8 Å². The first-order valence-electron chi connectivity index (χ1n) is 12.4. The molecule has 34 heavy (non-hydrogen) atoms. The Labute approximate surface area is 204 Å². The summed E-state index contributed by atoms with van der Waals surface area (Å²) in [5, 5.41) is 5.71. The summed E-state index contributed by atoms with van der Waals surface area (Å²) in [6, 6.07) is 5.71. The van der Waals surface area contributed by atoms with Gasteiger partial charge < -0.3 is 10.6 Å². The molecule has 0 radical (unpaired) electrons. The molecule has 0 atom stereocenters. The van der Waals surface area contributed by atoms with Crippen LogP contribution in [-0.2, 0) is 14.8 Å². The summed E-state index contributed by atoms with van der Waals surface area (Å²) >= 11 is 0. The van der Waals surface area contributed by atoms with E-state index in [0.29, 0.717) is 12.1 Å². The van der Waals surface area contributed by atoms with Gasteiger partial charge in [-0.3, -0.25) is 14.5 Å². The molecule has 0 spiro atoms. The second-order valence-corrected chi connectivity index (χ2v) is 12.4. The Morgan fingerprint density at radius 1 is 0.912 bits per heavy atom. The van der Waals surface area contributed by atoms with Crippen molar-refractivity contribution in [1.82, 2.24) is 20.3 Å². The zero-order chi connectivity index (χ0) is 24.8. The number of hydrogen-bond acceptors (Lipinski definition) is 5. The van der Waals surface area contributed by atoms with Crippen LogP contribution in [0, 0.1) is 0 Å². The SMILES string of the molecule is CC(C)(C)NS(=O)(=O)c1ccc(C(=O)NCC(=O)NCC2(N3CCCCC3)CCCCC2)cc1. The first kappa shape index (κ1) is 26.6. The molecule has 9 heteroatoms. The van der Waals surface area contributed by atoms with E-state index in [1.165, 1.54) is 62.8 Å². The fraction of sp³-hybridized carbons (Fsp3) is 0.680. The summed E-state index contributed by atoms with van der Waals surface area (Å²) < 4.78 is 27.4.